The van der Waals surface area contributed by atoms with Crippen LogP contribution in [0, 0.1) is 5.92 Å². The van der Waals surface area contributed by atoms with Crippen LogP contribution in [0.3, 0.4) is 0 Å². The van der Waals surface area contributed by atoms with E-state index in [1.807, 2.05) is 0 Å². The Labute approximate surface area is 87.1 Å². The van der Waals surface area contributed by atoms with Crippen LogP contribution in [0.25, 0.3) is 0 Å². The summed E-state index contributed by atoms with van der Waals surface area (Å²) in [6.45, 7) is 6.56. The van der Waals surface area contributed by atoms with Gasteiger partial charge in [-0.2, -0.15) is 0 Å². The number of nitrogens with zero attached hydrogens (tertiary/aromatic N) is 1. The van der Waals surface area contributed by atoms with Crippen LogP contribution in [0.15, 0.2) is 0 Å². The number of hydrogen-bond acceptors (Lipinski definition) is 3. The minimum Gasteiger partial charge on any atom is -0.389 e. The van der Waals surface area contributed by atoms with Gasteiger partial charge >= 0.3 is 0 Å². The van der Waals surface area contributed by atoms with E-state index in [2.05, 4.69) is 25.8 Å². The van der Waals surface area contributed by atoms with Gasteiger partial charge < -0.3 is 14.7 Å². The van der Waals surface area contributed by atoms with Crippen LogP contribution in [-0.2, 0) is 4.74 Å². The maximum atomic E-state index is 9.87. The van der Waals surface area contributed by atoms with Crippen molar-refractivity contribution < 1.29 is 9.84 Å². The maximum Gasteiger partial charge on any atom is 0.0928 e. The SMILES string of the molecule is CC(C)COCC(O)C1CCCN1C. The minimum absolute atomic E-state index is 0.308. The summed E-state index contributed by atoms with van der Waals surface area (Å²) in [5.74, 6) is 0.545. The molecule has 0 aromatic carbocycles. The summed E-state index contributed by atoms with van der Waals surface area (Å²) >= 11 is 0. The normalized spacial score (nSPS) is 25.9. The summed E-state index contributed by atoms with van der Waals surface area (Å²) < 4.78 is 5.44. The number of aliphatic hydroxyl groups is 1. The number of hydrogen-bond donors (Lipinski definition) is 1. The van der Waals surface area contributed by atoms with Crippen molar-refractivity contribution in [3.63, 3.8) is 0 Å². The molecule has 1 fully saturated rings. The Balaban J connectivity index is 2.17. The van der Waals surface area contributed by atoms with Gasteiger partial charge in [-0.05, 0) is 32.4 Å². The molecule has 0 radical (unpaired) electrons. The largest absolute Gasteiger partial charge is 0.389 e. The van der Waals surface area contributed by atoms with Crippen molar-refractivity contribution in [2.24, 2.45) is 5.92 Å². The molecular formula is C11H23NO2. The molecule has 1 saturated heterocycles. The topological polar surface area (TPSA) is 32.7 Å². The molecule has 0 saturated carbocycles. The van der Waals surface area contributed by atoms with Gasteiger partial charge in [0.1, 0.15) is 0 Å². The monoisotopic (exact) mass is 201 g/mol. The Kier molecular flexibility index (Phi) is 4.85. The van der Waals surface area contributed by atoms with Crippen molar-refractivity contribution in [2.75, 3.05) is 26.8 Å². The molecule has 3 nitrogen and oxygen atoms in total. The van der Waals surface area contributed by atoms with Crippen LogP contribution in [0.5, 0.6) is 0 Å². The molecule has 2 unspecified atom stereocenters. The van der Waals surface area contributed by atoms with Gasteiger partial charge in [-0.1, -0.05) is 13.8 Å². The molecule has 0 bridgehead atoms. The summed E-state index contributed by atoms with van der Waals surface area (Å²) in [6, 6.07) is 0.308. The van der Waals surface area contributed by atoms with Crippen LogP contribution in [-0.4, -0.2) is 49.0 Å². The Bertz CT molecular complexity index is 161. The van der Waals surface area contributed by atoms with Crippen molar-refractivity contribution in [3.05, 3.63) is 0 Å². The fourth-order valence-corrected chi connectivity index (χ4v) is 1.96. The molecule has 1 rings (SSSR count). The van der Waals surface area contributed by atoms with Crippen molar-refractivity contribution in [1.29, 1.82) is 0 Å². The minimum atomic E-state index is -0.318. The Morgan fingerprint density at radius 1 is 1.43 bits per heavy atom. The fourth-order valence-electron chi connectivity index (χ4n) is 1.96. The summed E-state index contributed by atoms with van der Waals surface area (Å²) in [5, 5.41) is 9.87. The summed E-state index contributed by atoms with van der Waals surface area (Å²) in [5.41, 5.74) is 0. The molecule has 1 heterocycles. The number of likely N-dealkylation sites (N-methyl/N-ethyl adjacent to an activating group) is 1. The van der Waals surface area contributed by atoms with Gasteiger partial charge in [-0.25, -0.2) is 0 Å². The molecule has 0 aliphatic carbocycles. The van der Waals surface area contributed by atoms with E-state index in [1.165, 1.54) is 6.42 Å². The predicted molar refractivity (Wildman–Crippen MR) is 57.3 cm³/mol. The Morgan fingerprint density at radius 3 is 2.64 bits per heavy atom. The average molecular weight is 201 g/mol. The van der Waals surface area contributed by atoms with Gasteiger partial charge in [-0.3, -0.25) is 0 Å². The Morgan fingerprint density at radius 2 is 2.14 bits per heavy atom. The molecular weight excluding hydrogens is 178 g/mol. The van der Waals surface area contributed by atoms with Gasteiger partial charge in [0.2, 0.25) is 0 Å². The highest BCUT2D eigenvalue weighted by atomic mass is 16.5. The van der Waals surface area contributed by atoms with Gasteiger partial charge in [0.05, 0.1) is 12.7 Å². The van der Waals surface area contributed by atoms with E-state index in [0.29, 0.717) is 18.6 Å². The Hall–Kier alpha value is -0.120. The maximum absolute atomic E-state index is 9.87. The predicted octanol–water partition coefficient (Wildman–Crippen LogP) is 1.11. The molecule has 14 heavy (non-hydrogen) atoms. The highest BCUT2D eigenvalue weighted by molar-refractivity contribution is 4.82. The zero-order valence-corrected chi connectivity index (χ0v) is 9.57. The van der Waals surface area contributed by atoms with Crippen LogP contribution in [0.1, 0.15) is 26.7 Å². The first-order valence-electron chi connectivity index (χ1n) is 5.57. The molecule has 2 atom stereocenters. The second-order valence-corrected chi connectivity index (χ2v) is 4.69. The summed E-state index contributed by atoms with van der Waals surface area (Å²) in [6.07, 6.45) is 1.98. The summed E-state index contributed by atoms with van der Waals surface area (Å²) in [7, 11) is 2.07. The van der Waals surface area contributed by atoms with E-state index in [4.69, 9.17) is 4.74 Å². The van der Waals surface area contributed by atoms with Crippen molar-refractivity contribution in [2.45, 2.75) is 38.8 Å². The van der Waals surface area contributed by atoms with Crippen LogP contribution in [0.4, 0.5) is 0 Å². The van der Waals surface area contributed by atoms with E-state index in [-0.39, 0.29) is 6.10 Å². The number of ether oxygens (including phenoxy) is 1. The van der Waals surface area contributed by atoms with Crippen LogP contribution in [0.2, 0.25) is 0 Å². The van der Waals surface area contributed by atoms with Gasteiger partial charge in [0.25, 0.3) is 0 Å². The first-order chi connectivity index (χ1) is 6.61. The third kappa shape index (κ3) is 3.56. The number of aliphatic hydroxyl groups excluding tert-OH is 1. The van der Waals surface area contributed by atoms with Gasteiger partial charge in [-0.15, -0.1) is 0 Å². The van der Waals surface area contributed by atoms with E-state index in [0.717, 1.165) is 19.6 Å². The average Bonchev–Trinajstić information content (AvgIpc) is 2.50. The van der Waals surface area contributed by atoms with Gasteiger partial charge in [0.15, 0.2) is 0 Å². The molecule has 1 aliphatic rings. The summed E-state index contributed by atoms with van der Waals surface area (Å²) in [4.78, 5) is 2.23. The van der Waals surface area contributed by atoms with E-state index in [1.54, 1.807) is 0 Å². The quantitative estimate of drug-likeness (QED) is 0.723. The van der Waals surface area contributed by atoms with Crippen molar-refractivity contribution >= 4 is 0 Å². The van der Waals surface area contributed by atoms with E-state index >= 15 is 0 Å². The molecule has 0 aromatic heterocycles. The lowest BCUT2D eigenvalue weighted by molar-refractivity contribution is -0.00856. The number of likely N-dealkylation sites (tertiary alicyclic amines) is 1. The van der Waals surface area contributed by atoms with Crippen molar-refractivity contribution in [1.82, 2.24) is 4.90 Å². The zero-order valence-electron chi connectivity index (χ0n) is 9.57. The standard InChI is InChI=1S/C11H23NO2/c1-9(2)7-14-8-11(13)10-5-4-6-12(10)3/h9-11,13H,4-8H2,1-3H3. The highest BCUT2D eigenvalue weighted by Crippen LogP contribution is 2.18. The molecule has 84 valence electrons. The molecule has 1 N–H and O–H groups in total. The van der Waals surface area contributed by atoms with Gasteiger partial charge in [0, 0.05) is 12.6 Å². The molecule has 1 aliphatic heterocycles. The zero-order chi connectivity index (χ0) is 10.6. The second kappa shape index (κ2) is 5.69. The van der Waals surface area contributed by atoms with Crippen LogP contribution < -0.4 is 0 Å². The second-order valence-electron chi connectivity index (χ2n) is 4.69. The number of rotatable bonds is 5. The van der Waals surface area contributed by atoms with Crippen molar-refractivity contribution in [3.8, 4) is 0 Å². The van der Waals surface area contributed by atoms with E-state index in [9.17, 15) is 5.11 Å². The molecule has 0 amide bonds. The third-order valence-electron chi connectivity index (χ3n) is 2.76. The first-order valence-corrected chi connectivity index (χ1v) is 5.57. The van der Waals surface area contributed by atoms with E-state index < -0.39 is 0 Å². The molecule has 3 heteroatoms. The smallest absolute Gasteiger partial charge is 0.0928 e. The third-order valence-corrected chi connectivity index (χ3v) is 2.76. The lowest BCUT2D eigenvalue weighted by Crippen LogP contribution is -2.39. The highest BCUT2D eigenvalue weighted by Gasteiger charge is 2.27. The first kappa shape index (κ1) is 12.0. The lowest BCUT2D eigenvalue weighted by Gasteiger charge is -2.25. The molecule has 0 aromatic rings. The lowest BCUT2D eigenvalue weighted by atomic mass is 10.1. The van der Waals surface area contributed by atoms with Crippen LogP contribution >= 0.6 is 0 Å². The molecule has 0 spiro atoms. The fraction of sp³-hybridized carbons (Fsp3) is 1.00.